The molecule has 1 saturated heterocycles. The zero-order chi connectivity index (χ0) is 21.5. The van der Waals surface area contributed by atoms with Gasteiger partial charge in [0.25, 0.3) is 0 Å². The number of halogens is 1. The van der Waals surface area contributed by atoms with Crippen molar-refractivity contribution in [3.63, 3.8) is 0 Å². The van der Waals surface area contributed by atoms with Crippen LogP contribution in [0.1, 0.15) is 18.4 Å². The number of nitrogens with zero attached hydrogens (tertiary/aromatic N) is 3. The molecular formula is C24H24ClN3O4S. The van der Waals surface area contributed by atoms with Gasteiger partial charge in [0, 0.05) is 36.7 Å². The molecule has 1 aromatic heterocycles. The van der Waals surface area contributed by atoms with Gasteiger partial charge in [-0.1, -0.05) is 0 Å². The Morgan fingerprint density at radius 1 is 1.15 bits per heavy atom. The molecule has 0 aliphatic carbocycles. The molecule has 2 aromatic carbocycles. The minimum Gasteiger partial charge on any atom is -0.497 e. The fourth-order valence-corrected chi connectivity index (χ4v) is 5.24. The number of pyridine rings is 1. The summed E-state index contributed by atoms with van der Waals surface area (Å²) in [5, 5.41) is 2.97. The summed E-state index contributed by atoms with van der Waals surface area (Å²) in [5.74, 6) is 2.34. The van der Waals surface area contributed by atoms with Crippen LogP contribution >= 0.6 is 24.2 Å². The van der Waals surface area contributed by atoms with Crippen molar-refractivity contribution in [2.75, 3.05) is 27.1 Å². The summed E-state index contributed by atoms with van der Waals surface area (Å²) in [6, 6.07) is 14.0. The van der Waals surface area contributed by atoms with Crippen molar-refractivity contribution in [1.29, 1.82) is 0 Å². The van der Waals surface area contributed by atoms with Gasteiger partial charge in [0.05, 0.1) is 24.4 Å². The van der Waals surface area contributed by atoms with E-state index in [0.29, 0.717) is 0 Å². The largest absolute Gasteiger partial charge is 0.497 e. The van der Waals surface area contributed by atoms with Crippen LogP contribution in [0, 0.1) is 0 Å². The molecule has 3 aliphatic heterocycles. The maximum atomic E-state index is 5.92. The van der Waals surface area contributed by atoms with Crippen molar-refractivity contribution < 1.29 is 18.9 Å². The molecule has 0 N–H and O–H groups in total. The number of aliphatic imine (C=N–C) groups is 1. The lowest BCUT2D eigenvalue weighted by atomic mass is 10.1. The molecule has 0 bridgehead atoms. The second-order valence-electron chi connectivity index (χ2n) is 8.06. The van der Waals surface area contributed by atoms with Gasteiger partial charge in [-0.3, -0.25) is 0 Å². The van der Waals surface area contributed by atoms with E-state index in [1.54, 1.807) is 18.9 Å². The fourth-order valence-electron chi connectivity index (χ4n) is 4.25. The maximum absolute atomic E-state index is 5.92. The van der Waals surface area contributed by atoms with Crippen LogP contribution in [-0.2, 0) is 11.3 Å². The molecule has 172 valence electrons. The first-order valence-electron chi connectivity index (χ1n) is 10.8. The Kier molecular flexibility index (Phi) is 6.23. The van der Waals surface area contributed by atoms with Crippen molar-refractivity contribution in [3.05, 3.63) is 48.0 Å². The smallest absolute Gasteiger partial charge is 0.231 e. The molecule has 9 heteroatoms. The molecule has 33 heavy (non-hydrogen) atoms. The van der Waals surface area contributed by atoms with Crippen molar-refractivity contribution in [2.45, 2.75) is 30.5 Å². The normalized spacial score (nSPS) is 20.1. The number of methoxy groups -OCH3 is 1. The third-order valence-corrected chi connectivity index (χ3v) is 6.99. The molecule has 7 nitrogen and oxygen atoms in total. The highest BCUT2D eigenvalue weighted by molar-refractivity contribution is 8.13. The van der Waals surface area contributed by atoms with Gasteiger partial charge in [-0.15, -0.1) is 12.4 Å². The molecule has 1 unspecified atom stereocenters. The number of rotatable bonds is 4. The summed E-state index contributed by atoms with van der Waals surface area (Å²) in [6.07, 6.45) is 2.44. The highest BCUT2D eigenvalue weighted by atomic mass is 35.5. The Labute approximate surface area is 202 Å². The first-order chi connectivity index (χ1) is 15.7. The molecule has 6 rings (SSSR count). The van der Waals surface area contributed by atoms with Crippen LogP contribution in [0.2, 0.25) is 0 Å². The van der Waals surface area contributed by atoms with Crippen LogP contribution in [0.25, 0.3) is 10.9 Å². The second-order valence-corrected chi connectivity index (χ2v) is 9.02. The average molecular weight is 486 g/mol. The van der Waals surface area contributed by atoms with Crippen molar-refractivity contribution in [2.24, 2.45) is 4.99 Å². The van der Waals surface area contributed by atoms with Crippen molar-refractivity contribution in [3.8, 4) is 17.2 Å². The highest BCUT2D eigenvalue weighted by Gasteiger charge is 2.28. The lowest BCUT2D eigenvalue weighted by Crippen LogP contribution is -2.37. The van der Waals surface area contributed by atoms with Crippen molar-refractivity contribution >= 4 is 45.9 Å². The van der Waals surface area contributed by atoms with Crippen LogP contribution < -0.4 is 14.2 Å². The Bertz CT molecular complexity index is 1200. The van der Waals surface area contributed by atoms with Crippen LogP contribution in [0.5, 0.6) is 17.2 Å². The summed E-state index contributed by atoms with van der Waals surface area (Å²) in [7, 11) is 1.67. The first kappa shape index (κ1) is 22.1. The first-order valence-corrected chi connectivity index (χ1v) is 11.6. The zero-order valence-corrected chi connectivity index (χ0v) is 19.8. The predicted molar refractivity (Wildman–Crippen MR) is 130 cm³/mol. The van der Waals surface area contributed by atoms with Gasteiger partial charge in [-0.05, 0) is 61.0 Å². The summed E-state index contributed by atoms with van der Waals surface area (Å²) in [6.45, 7) is 2.66. The lowest BCUT2D eigenvalue weighted by Gasteiger charge is -2.32. The molecule has 4 heterocycles. The summed E-state index contributed by atoms with van der Waals surface area (Å²) < 4.78 is 22.3. The van der Waals surface area contributed by atoms with E-state index < -0.39 is 0 Å². The third kappa shape index (κ3) is 4.43. The van der Waals surface area contributed by atoms with E-state index in [0.717, 1.165) is 76.6 Å². The number of amidine groups is 1. The highest BCUT2D eigenvalue weighted by Crippen LogP contribution is 2.39. The topological polar surface area (TPSA) is 65.4 Å². The molecule has 0 saturated carbocycles. The minimum atomic E-state index is 0. The molecule has 1 atom stereocenters. The number of ether oxygens (including phenoxy) is 4. The van der Waals surface area contributed by atoms with Gasteiger partial charge in [-0.25, -0.2) is 9.98 Å². The Morgan fingerprint density at radius 3 is 2.73 bits per heavy atom. The van der Waals surface area contributed by atoms with E-state index in [9.17, 15) is 0 Å². The number of hydrogen-bond donors (Lipinski definition) is 0. The number of hydrogen-bond acceptors (Lipinski definition) is 7. The Hall–Kier alpha value is -2.68. The average Bonchev–Trinajstić information content (AvgIpc) is 3.49. The maximum Gasteiger partial charge on any atom is 0.231 e. The predicted octanol–water partition coefficient (Wildman–Crippen LogP) is 5.17. The van der Waals surface area contributed by atoms with Crippen LogP contribution in [-0.4, -0.2) is 48.2 Å². The molecule has 1 fully saturated rings. The van der Waals surface area contributed by atoms with E-state index in [1.165, 1.54) is 5.56 Å². The van der Waals surface area contributed by atoms with E-state index in [2.05, 4.69) is 11.0 Å². The molecule has 3 aromatic rings. The molecular weight excluding hydrogens is 462 g/mol. The van der Waals surface area contributed by atoms with Crippen LogP contribution in [0.3, 0.4) is 0 Å². The lowest BCUT2D eigenvalue weighted by molar-refractivity contribution is 0.0903. The second kappa shape index (κ2) is 9.29. The van der Waals surface area contributed by atoms with Gasteiger partial charge >= 0.3 is 0 Å². The van der Waals surface area contributed by atoms with Crippen LogP contribution in [0.4, 0.5) is 5.69 Å². The summed E-state index contributed by atoms with van der Waals surface area (Å²) in [4.78, 5) is 12.2. The van der Waals surface area contributed by atoms with Gasteiger partial charge in [0.1, 0.15) is 10.8 Å². The quantitative estimate of drug-likeness (QED) is 0.505. The van der Waals surface area contributed by atoms with E-state index in [4.69, 9.17) is 28.9 Å². The van der Waals surface area contributed by atoms with Gasteiger partial charge < -0.3 is 23.8 Å². The van der Waals surface area contributed by atoms with E-state index >= 15 is 0 Å². The monoisotopic (exact) mass is 485 g/mol. The SMILES string of the molecule is COc1ccc(N=C2Sc3nc4cc5c(cc4cc3CN2CC2CCCO2)OCO5)cc1.Cl. The standard InChI is InChI=1S/C24H23N3O4S.ClH/c1-28-18-6-4-17(5-7-18)25-24-27(13-19-3-2-8-29-19)12-16-9-15-10-21-22(31-14-30-21)11-20(15)26-23(16)32-24;/h4-7,9-11,19H,2-3,8,12-14H2,1H3;1H. The molecule has 0 radical (unpaired) electrons. The third-order valence-electron chi connectivity index (χ3n) is 5.91. The molecule has 0 spiro atoms. The van der Waals surface area contributed by atoms with E-state index in [-0.39, 0.29) is 25.3 Å². The summed E-state index contributed by atoms with van der Waals surface area (Å²) in [5.41, 5.74) is 2.98. The summed E-state index contributed by atoms with van der Waals surface area (Å²) >= 11 is 1.61. The number of fused-ring (bicyclic) bond motifs is 3. The number of aromatic nitrogens is 1. The number of benzene rings is 2. The minimum absolute atomic E-state index is 0. The van der Waals surface area contributed by atoms with Crippen LogP contribution in [0.15, 0.2) is 52.5 Å². The Balaban J connectivity index is 0.00000228. The van der Waals surface area contributed by atoms with Gasteiger partial charge in [-0.2, -0.15) is 0 Å². The Morgan fingerprint density at radius 2 is 1.97 bits per heavy atom. The zero-order valence-electron chi connectivity index (χ0n) is 18.2. The molecule has 0 amide bonds. The van der Waals surface area contributed by atoms with Crippen molar-refractivity contribution in [1.82, 2.24) is 9.88 Å². The van der Waals surface area contributed by atoms with Gasteiger partial charge in [0.15, 0.2) is 16.7 Å². The number of thioether (sulfide) groups is 1. The van der Waals surface area contributed by atoms with E-state index in [1.807, 2.05) is 36.4 Å². The fraction of sp³-hybridized carbons (Fsp3) is 0.333. The molecule has 3 aliphatic rings. The van der Waals surface area contributed by atoms with Gasteiger partial charge in [0.2, 0.25) is 6.79 Å².